The van der Waals surface area contributed by atoms with Gasteiger partial charge in [-0.1, -0.05) is 6.07 Å². The summed E-state index contributed by atoms with van der Waals surface area (Å²) in [6.45, 7) is 4.43. The molecule has 0 aromatic carbocycles. The van der Waals surface area contributed by atoms with Gasteiger partial charge in [0.25, 0.3) is 0 Å². The van der Waals surface area contributed by atoms with Crippen molar-refractivity contribution >= 4 is 30.7 Å². The van der Waals surface area contributed by atoms with Crippen molar-refractivity contribution < 1.29 is 4.79 Å². The van der Waals surface area contributed by atoms with E-state index in [9.17, 15) is 4.79 Å². The summed E-state index contributed by atoms with van der Waals surface area (Å²) < 4.78 is 0. The average molecular weight is 320 g/mol. The SMILES string of the molecule is CN(Cc1ccccn1)C(=O)C1(C)CCCNC1.Cl.Cl. The molecule has 4 nitrogen and oxygen atoms in total. The Morgan fingerprint density at radius 1 is 1.45 bits per heavy atom. The molecule has 1 unspecified atom stereocenters. The minimum Gasteiger partial charge on any atom is -0.339 e. The van der Waals surface area contributed by atoms with Gasteiger partial charge in [-0.15, -0.1) is 24.8 Å². The normalized spacial score (nSPS) is 21.3. The van der Waals surface area contributed by atoms with Gasteiger partial charge in [0.1, 0.15) is 0 Å². The third kappa shape index (κ3) is 4.62. The van der Waals surface area contributed by atoms with Gasteiger partial charge >= 0.3 is 0 Å². The number of nitrogens with zero attached hydrogens (tertiary/aromatic N) is 2. The van der Waals surface area contributed by atoms with Crippen molar-refractivity contribution in [3.63, 3.8) is 0 Å². The smallest absolute Gasteiger partial charge is 0.229 e. The fourth-order valence-electron chi connectivity index (χ4n) is 2.51. The van der Waals surface area contributed by atoms with Gasteiger partial charge in [0.15, 0.2) is 0 Å². The van der Waals surface area contributed by atoms with Crippen LogP contribution in [-0.4, -0.2) is 35.9 Å². The number of aromatic nitrogens is 1. The number of carbonyl (C=O) groups is 1. The maximum absolute atomic E-state index is 12.5. The first kappa shape index (κ1) is 19.2. The second kappa shape index (κ2) is 8.45. The zero-order chi connectivity index (χ0) is 13.0. The number of nitrogens with one attached hydrogen (secondary N) is 1. The van der Waals surface area contributed by atoms with E-state index in [4.69, 9.17) is 0 Å². The van der Waals surface area contributed by atoms with E-state index in [2.05, 4.69) is 17.2 Å². The number of pyridine rings is 1. The molecule has 1 atom stereocenters. The van der Waals surface area contributed by atoms with Crippen LogP contribution in [0.1, 0.15) is 25.5 Å². The molecule has 1 saturated heterocycles. The minimum absolute atomic E-state index is 0. The molecule has 0 radical (unpaired) electrons. The van der Waals surface area contributed by atoms with Crippen molar-refractivity contribution in [2.75, 3.05) is 20.1 Å². The van der Waals surface area contributed by atoms with Gasteiger partial charge < -0.3 is 10.2 Å². The quantitative estimate of drug-likeness (QED) is 0.929. The minimum atomic E-state index is -0.262. The Kier molecular flexibility index (Phi) is 8.09. The van der Waals surface area contributed by atoms with Gasteiger partial charge in [-0.25, -0.2) is 0 Å². The predicted octanol–water partition coefficient (Wildman–Crippen LogP) is 2.27. The highest BCUT2D eigenvalue weighted by atomic mass is 35.5. The highest BCUT2D eigenvalue weighted by Gasteiger charge is 2.36. The number of carbonyl (C=O) groups excluding carboxylic acids is 1. The Balaban J connectivity index is 0.00000180. The van der Waals surface area contributed by atoms with Crippen molar-refractivity contribution in [3.05, 3.63) is 30.1 Å². The molecular weight excluding hydrogens is 297 g/mol. The molecule has 2 heterocycles. The zero-order valence-electron chi connectivity index (χ0n) is 12.0. The Hall–Kier alpha value is -0.840. The summed E-state index contributed by atoms with van der Waals surface area (Å²) in [6, 6.07) is 5.79. The third-order valence-corrected chi connectivity index (χ3v) is 3.59. The van der Waals surface area contributed by atoms with Crippen LogP contribution < -0.4 is 5.32 Å². The van der Waals surface area contributed by atoms with Crippen LogP contribution in [0.5, 0.6) is 0 Å². The van der Waals surface area contributed by atoms with Gasteiger partial charge in [-0.05, 0) is 38.4 Å². The molecular formula is C14H23Cl2N3O. The van der Waals surface area contributed by atoms with Crippen LogP contribution in [0.3, 0.4) is 0 Å². The summed E-state index contributed by atoms with van der Waals surface area (Å²) in [4.78, 5) is 18.5. The number of amides is 1. The van der Waals surface area contributed by atoms with Crippen LogP contribution >= 0.6 is 24.8 Å². The Labute approximate surface area is 133 Å². The molecule has 114 valence electrons. The molecule has 0 spiro atoms. The van der Waals surface area contributed by atoms with Gasteiger partial charge in [0, 0.05) is 19.8 Å². The lowest BCUT2D eigenvalue weighted by molar-refractivity contribution is -0.141. The van der Waals surface area contributed by atoms with Crippen molar-refractivity contribution in [2.24, 2.45) is 5.41 Å². The molecule has 6 heteroatoms. The Morgan fingerprint density at radius 2 is 2.20 bits per heavy atom. The number of halogens is 2. The van der Waals surface area contributed by atoms with E-state index in [1.54, 1.807) is 11.1 Å². The molecule has 1 fully saturated rings. The van der Waals surface area contributed by atoms with Gasteiger partial charge in [0.05, 0.1) is 17.7 Å². The predicted molar refractivity (Wildman–Crippen MR) is 85.4 cm³/mol. The second-order valence-electron chi connectivity index (χ2n) is 5.32. The maximum atomic E-state index is 12.5. The lowest BCUT2D eigenvalue weighted by atomic mass is 9.81. The molecule has 20 heavy (non-hydrogen) atoms. The maximum Gasteiger partial charge on any atom is 0.229 e. The van der Waals surface area contributed by atoms with Gasteiger partial charge in [-0.2, -0.15) is 0 Å². The van der Waals surface area contributed by atoms with Crippen LogP contribution in [0.25, 0.3) is 0 Å². The fraction of sp³-hybridized carbons (Fsp3) is 0.571. The van der Waals surface area contributed by atoms with E-state index < -0.39 is 0 Å². The summed E-state index contributed by atoms with van der Waals surface area (Å²) in [7, 11) is 1.86. The summed E-state index contributed by atoms with van der Waals surface area (Å²) >= 11 is 0. The first-order valence-electron chi connectivity index (χ1n) is 6.48. The van der Waals surface area contributed by atoms with E-state index in [0.29, 0.717) is 6.54 Å². The fourth-order valence-corrected chi connectivity index (χ4v) is 2.51. The molecule has 2 rings (SSSR count). The summed E-state index contributed by atoms with van der Waals surface area (Å²) in [6.07, 6.45) is 3.79. The van der Waals surface area contributed by atoms with Crippen molar-refractivity contribution in [1.82, 2.24) is 15.2 Å². The van der Waals surface area contributed by atoms with E-state index in [-0.39, 0.29) is 36.1 Å². The molecule has 0 aliphatic carbocycles. The topological polar surface area (TPSA) is 45.2 Å². The lowest BCUT2D eigenvalue weighted by Gasteiger charge is -2.35. The number of piperidine rings is 1. The molecule has 1 aliphatic rings. The average Bonchev–Trinajstić information content (AvgIpc) is 2.40. The third-order valence-electron chi connectivity index (χ3n) is 3.59. The Morgan fingerprint density at radius 3 is 2.75 bits per heavy atom. The van der Waals surface area contributed by atoms with Gasteiger partial charge in [-0.3, -0.25) is 9.78 Å². The molecule has 0 saturated carbocycles. The molecule has 1 aromatic heterocycles. The molecule has 1 N–H and O–H groups in total. The number of rotatable bonds is 3. The van der Waals surface area contributed by atoms with Crippen molar-refractivity contribution in [1.29, 1.82) is 0 Å². The standard InChI is InChI=1S/C14H21N3O.2ClH/c1-14(7-5-8-15-11-14)13(18)17(2)10-12-6-3-4-9-16-12;;/h3-4,6,9,15H,5,7-8,10-11H2,1-2H3;2*1H. The summed E-state index contributed by atoms with van der Waals surface area (Å²) in [5.41, 5.74) is 0.669. The molecule has 0 bridgehead atoms. The first-order valence-corrected chi connectivity index (χ1v) is 6.48. The zero-order valence-corrected chi connectivity index (χ0v) is 13.6. The van der Waals surface area contributed by atoms with E-state index in [1.807, 2.05) is 25.2 Å². The summed E-state index contributed by atoms with van der Waals surface area (Å²) in [5, 5.41) is 3.31. The lowest BCUT2D eigenvalue weighted by Crippen LogP contribution is -2.49. The van der Waals surface area contributed by atoms with Crippen LogP contribution in [0.2, 0.25) is 0 Å². The van der Waals surface area contributed by atoms with Gasteiger partial charge in [0.2, 0.25) is 5.91 Å². The van der Waals surface area contributed by atoms with Crippen LogP contribution in [0.15, 0.2) is 24.4 Å². The second-order valence-corrected chi connectivity index (χ2v) is 5.32. The molecule has 1 aromatic rings. The largest absolute Gasteiger partial charge is 0.339 e. The number of hydrogen-bond donors (Lipinski definition) is 1. The first-order chi connectivity index (χ1) is 8.62. The highest BCUT2D eigenvalue weighted by Crippen LogP contribution is 2.27. The van der Waals surface area contributed by atoms with Crippen LogP contribution in [-0.2, 0) is 11.3 Å². The van der Waals surface area contributed by atoms with E-state index in [0.717, 1.165) is 31.6 Å². The highest BCUT2D eigenvalue weighted by molar-refractivity contribution is 5.85. The van der Waals surface area contributed by atoms with Crippen LogP contribution in [0, 0.1) is 5.41 Å². The molecule has 1 aliphatic heterocycles. The monoisotopic (exact) mass is 319 g/mol. The van der Waals surface area contributed by atoms with Crippen molar-refractivity contribution in [2.45, 2.75) is 26.3 Å². The van der Waals surface area contributed by atoms with E-state index >= 15 is 0 Å². The number of hydrogen-bond acceptors (Lipinski definition) is 3. The van der Waals surface area contributed by atoms with E-state index in [1.165, 1.54) is 0 Å². The molecule has 1 amide bonds. The van der Waals surface area contributed by atoms with Crippen molar-refractivity contribution in [3.8, 4) is 0 Å². The Bertz CT molecular complexity index is 408. The van der Waals surface area contributed by atoms with Crippen LogP contribution in [0.4, 0.5) is 0 Å². The summed E-state index contributed by atoms with van der Waals surface area (Å²) in [5.74, 6) is 0.209.